The van der Waals surface area contributed by atoms with Crippen molar-refractivity contribution in [3.63, 3.8) is 0 Å². The van der Waals surface area contributed by atoms with Gasteiger partial charge in [-0.05, 0) is 85.0 Å². The van der Waals surface area contributed by atoms with Crippen molar-refractivity contribution < 1.29 is 25.8 Å². The van der Waals surface area contributed by atoms with Crippen LogP contribution in [0.2, 0.25) is 0 Å². The molecule has 1 unspecified atom stereocenters. The summed E-state index contributed by atoms with van der Waals surface area (Å²) < 4.78 is 10.5. The molecule has 0 aliphatic carbocycles. The van der Waals surface area contributed by atoms with Crippen LogP contribution in [0.25, 0.3) is 38.8 Å². The smallest absolute Gasteiger partial charge is 0.225 e. The molecule has 0 bridgehead atoms. The van der Waals surface area contributed by atoms with Crippen molar-refractivity contribution in [2.24, 2.45) is 0 Å². The van der Waals surface area contributed by atoms with Crippen LogP contribution >= 0.6 is 0 Å². The van der Waals surface area contributed by atoms with Crippen LogP contribution in [-0.4, -0.2) is 9.55 Å². The Morgan fingerprint density at radius 3 is 1.91 bits per heavy atom. The van der Waals surface area contributed by atoms with Crippen molar-refractivity contribution in [3.05, 3.63) is 174 Å². The maximum Gasteiger partial charge on any atom is 0.225 e. The second-order valence-corrected chi connectivity index (χ2v) is 22.2. The molecule has 6 aromatic carbocycles. The Morgan fingerprint density at radius 2 is 1.23 bits per heavy atom. The first-order valence-corrected chi connectivity index (χ1v) is 23.5. The summed E-state index contributed by atoms with van der Waals surface area (Å²) >= 11 is 0. The van der Waals surface area contributed by atoms with Crippen LogP contribution in [-0.2, 0) is 37.3 Å². The van der Waals surface area contributed by atoms with Gasteiger partial charge in [0.1, 0.15) is 5.82 Å². The number of rotatable bonds is 8. The van der Waals surface area contributed by atoms with Crippen LogP contribution in [0.5, 0.6) is 11.5 Å². The van der Waals surface area contributed by atoms with E-state index in [1.54, 1.807) is 0 Å². The molecule has 66 heavy (non-hydrogen) atoms. The Bertz CT molecular complexity index is 3170. The van der Waals surface area contributed by atoms with Gasteiger partial charge in [-0.2, -0.15) is 10.7 Å². The van der Waals surface area contributed by atoms with E-state index in [0.717, 1.165) is 38.9 Å². The van der Waals surface area contributed by atoms with Gasteiger partial charge in [-0.3, -0.25) is 0 Å². The average Bonchev–Trinajstić information content (AvgIpc) is 3.75. The van der Waals surface area contributed by atoms with Crippen LogP contribution in [0, 0.1) is 18.8 Å². The monoisotopic (exact) mass is 1050 g/mol. The first kappa shape index (κ1) is 45.8. The quantitative estimate of drug-likeness (QED) is 0.0861. The number of nitrogens with zero attached hydrogens (tertiary/aromatic N) is 4. The van der Waals surface area contributed by atoms with Crippen molar-refractivity contribution in [2.45, 2.75) is 118 Å². The van der Waals surface area contributed by atoms with E-state index in [9.17, 15) is 0 Å². The van der Waals surface area contributed by atoms with E-state index in [-0.39, 0.29) is 37.3 Å². The Hall–Kier alpha value is -5.32. The minimum Gasteiger partial charge on any atom is -0.509 e. The second-order valence-electron chi connectivity index (χ2n) is 22.2. The summed E-state index contributed by atoms with van der Waals surface area (Å²) in [5, 5.41) is 2.25. The van der Waals surface area contributed by atoms with Gasteiger partial charge in [0.05, 0.1) is 5.69 Å². The number of hydrogen-bond acceptors (Lipinski definition) is 2. The molecule has 0 amide bonds. The largest absolute Gasteiger partial charge is 0.509 e. The number of fused-ring (bicyclic) bond motifs is 7. The topological polar surface area (TPSA) is 27.1 Å². The van der Waals surface area contributed by atoms with Gasteiger partial charge in [0.25, 0.3) is 0 Å². The molecule has 8 aromatic rings. The summed E-state index contributed by atoms with van der Waals surface area (Å²) in [6.07, 6.45) is 1.92. The van der Waals surface area contributed by atoms with Gasteiger partial charge in [0, 0.05) is 68.5 Å². The van der Waals surface area contributed by atoms with Crippen molar-refractivity contribution in [2.75, 3.05) is 0 Å². The van der Waals surface area contributed by atoms with E-state index in [1.807, 2.05) is 6.20 Å². The third kappa shape index (κ3) is 7.20. The SMILES string of the molecule is CC(C)c1cccc(C(C)C)c1-c1cc(Oc2[c-]c3c(cc2)c2ccccc2n3-c2cc(C(C)(C)C)ccn2)[c-]c([N+]23[CH-][N@+]2(c2cccc(C(C)(C)C)c2)c2ccc(C(C)(C)C)cc23)c1.[Pt]. The van der Waals surface area contributed by atoms with Crippen LogP contribution in [0.3, 0.4) is 0 Å². The first-order chi connectivity index (χ1) is 30.7. The minimum absolute atomic E-state index is 0. The zero-order valence-corrected chi connectivity index (χ0v) is 43.1. The van der Waals surface area contributed by atoms with Crippen molar-refractivity contribution in [1.29, 1.82) is 0 Å². The molecule has 2 aromatic heterocycles. The molecule has 0 N–H and O–H groups in total. The van der Waals surface area contributed by atoms with Gasteiger partial charge in [0.15, 0.2) is 12.4 Å². The second kappa shape index (κ2) is 15.9. The average molecular weight is 1050 g/mol. The van der Waals surface area contributed by atoms with Crippen molar-refractivity contribution in [3.8, 4) is 28.4 Å². The number of ether oxygens (including phenoxy) is 1. The summed E-state index contributed by atoms with van der Waals surface area (Å²) in [4.78, 5) is 4.94. The minimum atomic E-state index is -0.0332. The molecule has 0 saturated carbocycles. The number of benzene rings is 6. The van der Waals surface area contributed by atoms with Gasteiger partial charge in [-0.25, -0.2) is 9.58 Å². The third-order valence-corrected chi connectivity index (χ3v) is 13.9. The van der Waals surface area contributed by atoms with E-state index in [2.05, 4.69) is 235 Å². The summed E-state index contributed by atoms with van der Waals surface area (Å²) in [6, 6.07) is 52.6. The molecular weight excluding hydrogens is 988 g/mol. The third-order valence-electron chi connectivity index (χ3n) is 13.9. The molecule has 6 heteroatoms. The van der Waals surface area contributed by atoms with Crippen molar-refractivity contribution >= 4 is 44.6 Å². The number of pyridine rings is 1. The summed E-state index contributed by atoms with van der Waals surface area (Å²) in [6.45, 7) is 32.2. The van der Waals surface area contributed by atoms with E-state index in [4.69, 9.17) is 9.72 Å². The maximum atomic E-state index is 7.13. The van der Waals surface area contributed by atoms with E-state index in [1.165, 1.54) is 50.4 Å². The zero-order valence-electron chi connectivity index (χ0n) is 40.9. The molecular formula is C60H63N4OPt-. The molecule has 10 rings (SSSR count). The van der Waals surface area contributed by atoms with Crippen LogP contribution < -0.4 is 13.9 Å². The molecule has 0 spiro atoms. The van der Waals surface area contributed by atoms with Gasteiger partial charge in [-0.1, -0.05) is 162 Å². The van der Waals surface area contributed by atoms with E-state index < -0.39 is 0 Å². The summed E-state index contributed by atoms with van der Waals surface area (Å²) in [5.41, 5.74) is 15.7. The molecule has 2 aliphatic heterocycles. The maximum absolute atomic E-state index is 7.13. The summed E-state index contributed by atoms with van der Waals surface area (Å²) in [5.74, 6) is 2.78. The number of aromatic nitrogens is 2. The number of para-hydroxylation sites is 1. The molecule has 5 nitrogen and oxygen atoms in total. The van der Waals surface area contributed by atoms with Gasteiger partial charge in [0.2, 0.25) is 11.4 Å². The predicted molar refractivity (Wildman–Crippen MR) is 273 cm³/mol. The van der Waals surface area contributed by atoms with Gasteiger partial charge >= 0.3 is 0 Å². The van der Waals surface area contributed by atoms with Gasteiger partial charge in [-0.15, -0.1) is 29.1 Å². The Labute approximate surface area is 407 Å². The van der Waals surface area contributed by atoms with Crippen LogP contribution in [0.1, 0.15) is 130 Å². The number of hydrogen-bond donors (Lipinski definition) is 0. The zero-order chi connectivity index (χ0) is 46.0. The standard InChI is InChI=1S/C60H63N4O.Pt/c1-38(2)48-21-17-22-49(39(3)4)57(48)40-30-45(64-37-63(64,44-19-16-18-41(32-44)58(5,6)7)54-27-24-42(33-55(54)64)59(8,9)10)35-47(31-40)65-46-25-26-51-50-20-14-15-23-52(50)62(53(51)36-46)56-34-43(28-29-61-56)60(11,12)13;/h14-34,37-39H,1-13H3;/q-1;/t63-,64?;/m0./s1. The normalized spacial score (nSPS) is 18.0. The molecule has 1 fully saturated rings. The predicted octanol–water partition coefficient (Wildman–Crippen LogP) is 16.7. The summed E-state index contributed by atoms with van der Waals surface area (Å²) in [7, 11) is 0. The van der Waals surface area contributed by atoms with E-state index >= 15 is 0 Å². The fourth-order valence-electron chi connectivity index (χ4n) is 10.2. The molecule has 4 heterocycles. The fraction of sp³-hybridized carbons (Fsp3) is 0.300. The molecule has 1 saturated heterocycles. The molecule has 0 radical (unpaired) electrons. The van der Waals surface area contributed by atoms with E-state index in [0.29, 0.717) is 32.5 Å². The molecule has 2 aliphatic rings. The van der Waals surface area contributed by atoms with Crippen LogP contribution in [0.15, 0.2) is 128 Å². The fourth-order valence-corrected chi connectivity index (χ4v) is 10.2. The Morgan fingerprint density at radius 1 is 0.576 bits per heavy atom. The number of quaternary nitrogens is 2. The Kier molecular flexibility index (Phi) is 11.0. The molecule has 2 atom stereocenters. The van der Waals surface area contributed by atoms with Crippen LogP contribution in [0.4, 0.5) is 22.7 Å². The molecule has 340 valence electrons. The van der Waals surface area contributed by atoms with Gasteiger partial charge < -0.3 is 9.30 Å². The van der Waals surface area contributed by atoms with Crippen molar-refractivity contribution in [1.82, 2.24) is 18.7 Å². The Balaban J connectivity index is 0.00000548. The first-order valence-electron chi connectivity index (χ1n) is 23.5.